The summed E-state index contributed by atoms with van der Waals surface area (Å²) in [4.78, 5) is 0.736. The number of rotatable bonds is 5. The largest absolute Gasteiger partial charge is 0.496 e. The van der Waals surface area contributed by atoms with E-state index in [9.17, 15) is 8.42 Å². The van der Waals surface area contributed by atoms with Crippen LogP contribution in [0.25, 0.3) is 0 Å². The maximum Gasteiger partial charge on any atom is 0.262 e. The van der Waals surface area contributed by atoms with Crippen molar-refractivity contribution in [3.63, 3.8) is 0 Å². The fraction of sp³-hybridized carbons (Fsp3) is 0.167. The average Bonchev–Trinajstić information content (AvgIpc) is 2.88. The molecule has 1 heterocycles. The summed E-state index contributed by atoms with van der Waals surface area (Å²) in [6.45, 7) is -0.172. The molecule has 2 rings (SSSR count). The molecule has 0 radical (unpaired) electrons. The van der Waals surface area contributed by atoms with E-state index in [0.29, 0.717) is 20.8 Å². The van der Waals surface area contributed by atoms with Crippen molar-refractivity contribution in [1.29, 1.82) is 0 Å². The molecular weight excluding hydrogens is 366 g/mol. The number of ether oxygens (including phenoxy) is 1. The lowest BCUT2D eigenvalue weighted by Crippen LogP contribution is -2.12. The minimum absolute atomic E-state index is 0.137. The molecule has 0 fully saturated rings. The third kappa shape index (κ3) is 3.32. The molecule has 108 valence electrons. The molecule has 1 aromatic carbocycles. The molecule has 0 spiro atoms. The second kappa shape index (κ2) is 6.13. The van der Waals surface area contributed by atoms with Gasteiger partial charge in [0, 0.05) is 10.3 Å². The summed E-state index contributed by atoms with van der Waals surface area (Å²) in [6.07, 6.45) is 0. The standard InChI is InChI=1S/C12H12BrNO4S2/c1-18-12-3-2-8(4-11(12)13)14-20(16,17)10-5-9(6-15)19-7-10/h2-5,7,14-15H,6H2,1H3. The molecule has 0 saturated heterocycles. The highest BCUT2D eigenvalue weighted by molar-refractivity contribution is 9.10. The number of anilines is 1. The van der Waals surface area contributed by atoms with Gasteiger partial charge < -0.3 is 9.84 Å². The fourth-order valence-electron chi connectivity index (χ4n) is 1.53. The Hall–Kier alpha value is -1.09. The first-order chi connectivity index (χ1) is 9.46. The second-order valence-electron chi connectivity index (χ2n) is 3.86. The molecule has 20 heavy (non-hydrogen) atoms. The van der Waals surface area contributed by atoms with Crippen LogP contribution in [0.15, 0.2) is 39.0 Å². The predicted molar refractivity (Wildman–Crippen MR) is 81.7 cm³/mol. The zero-order chi connectivity index (χ0) is 14.8. The van der Waals surface area contributed by atoms with Crippen molar-refractivity contribution in [1.82, 2.24) is 0 Å². The van der Waals surface area contributed by atoms with Gasteiger partial charge in [-0.15, -0.1) is 11.3 Å². The third-order valence-electron chi connectivity index (χ3n) is 2.50. The molecule has 1 aromatic heterocycles. The van der Waals surface area contributed by atoms with Crippen LogP contribution in [0.1, 0.15) is 4.88 Å². The van der Waals surface area contributed by atoms with Gasteiger partial charge in [-0.2, -0.15) is 0 Å². The molecule has 0 aliphatic rings. The van der Waals surface area contributed by atoms with E-state index in [4.69, 9.17) is 9.84 Å². The van der Waals surface area contributed by atoms with E-state index in [-0.39, 0.29) is 11.5 Å². The summed E-state index contributed by atoms with van der Waals surface area (Å²) in [5, 5.41) is 10.5. The quantitative estimate of drug-likeness (QED) is 0.839. The van der Waals surface area contributed by atoms with Crippen molar-refractivity contribution >= 4 is 43.0 Å². The van der Waals surface area contributed by atoms with Crippen molar-refractivity contribution in [2.75, 3.05) is 11.8 Å². The van der Waals surface area contributed by atoms with E-state index in [1.807, 2.05) is 0 Å². The highest BCUT2D eigenvalue weighted by atomic mass is 79.9. The molecule has 0 unspecified atom stereocenters. The number of thiophene rings is 1. The van der Waals surface area contributed by atoms with Gasteiger partial charge >= 0.3 is 0 Å². The van der Waals surface area contributed by atoms with Crippen molar-refractivity contribution in [3.05, 3.63) is 39.0 Å². The van der Waals surface area contributed by atoms with Gasteiger partial charge in [-0.05, 0) is 40.2 Å². The van der Waals surface area contributed by atoms with Gasteiger partial charge in [0.25, 0.3) is 10.0 Å². The Morgan fingerprint density at radius 3 is 2.70 bits per heavy atom. The summed E-state index contributed by atoms with van der Waals surface area (Å²) in [5.74, 6) is 0.617. The zero-order valence-electron chi connectivity index (χ0n) is 10.5. The van der Waals surface area contributed by atoms with Crippen LogP contribution < -0.4 is 9.46 Å². The topological polar surface area (TPSA) is 75.6 Å². The van der Waals surface area contributed by atoms with Crippen LogP contribution in [0.2, 0.25) is 0 Å². The van der Waals surface area contributed by atoms with Crippen LogP contribution >= 0.6 is 27.3 Å². The fourth-order valence-corrected chi connectivity index (χ4v) is 4.25. The number of nitrogens with one attached hydrogen (secondary N) is 1. The molecule has 0 atom stereocenters. The van der Waals surface area contributed by atoms with Gasteiger partial charge in [-0.3, -0.25) is 4.72 Å². The normalized spacial score (nSPS) is 11.3. The van der Waals surface area contributed by atoms with Crippen LogP contribution in [0.3, 0.4) is 0 Å². The summed E-state index contributed by atoms with van der Waals surface area (Å²) in [5.41, 5.74) is 0.425. The number of hydrogen-bond donors (Lipinski definition) is 2. The summed E-state index contributed by atoms with van der Waals surface area (Å²) < 4.78 is 32.5. The van der Waals surface area contributed by atoms with Crippen LogP contribution in [-0.2, 0) is 16.6 Å². The molecule has 8 heteroatoms. The Labute approximate surface area is 129 Å². The summed E-state index contributed by atoms with van der Waals surface area (Å²) in [7, 11) is -2.12. The number of aliphatic hydroxyl groups is 1. The van der Waals surface area contributed by atoms with Gasteiger partial charge in [-0.25, -0.2) is 8.42 Å². The van der Waals surface area contributed by atoms with Gasteiger partial charge in [0.05, 0.1) is 28.8 Å². The number of sulfonamides is 1. The number of aliphatic hydroxyl groups excluding tert-OH is 1. The van der Waals surface area contributed by atoms with Gasteiger partial charge in [-0.1, -0.05) is 0 Å². The van der Waals surface area contributed by atoms with E-state index in [0.717, 1.165) is 0 Å². The van der Waals surface area contributed by atoms with E-state index in [1.165, 1.54) is 29.9 Å². The Morgan fingerprint density at radius 2 is 2.15 bits per heavy atom. The predicted octanol–water partition coefficient (Wildman–Crippen LogP) is 2.81. The van der Waals surface area contributed by atoms with Crippen LogP contribution in [0, 0.1) is 0 Å². The van der Waals surface area contributed by atoms with Crippen molar-refractivity contribution in [2.24, 2.45) is 0 Å². The summed E-state index contributed by atoms with van der Waals surface area (Å²) >= 11 is 4.49. The molecule has 2 N–H and O–H groups in total. The van der Waals surface area contributed by atoms with Crippen molar-refractivity contribution < 1.29 is 18.3 Å². The van der Waals surface area contributed by atoms with E-state index in [1.54, 1.807) is 18.2 Å². The molecule has 5 nitrogen and oxygen atoms in total. The minimum Gasteiger partial charge on any atom is -0.496 e. The monoisotopic (exact) mass is 377 g/mol. The minimum atomic E-state index is -3.65. The van der Waals surface area contributed by atoms with Gasteiger partial charge in [0.15, 0.2) is 0 Å². The number of methoxy groups -OCH3 is 1. The Kier molecular flexibility index (Phi) is 4.69. The van der Waals surface area contributed by atoms with E-state index < -0.39 is 10.0 Å². The Bertz CT molecular complexity index is 712. The van der Waals surface area contributed by atoms with Crippen molar-refractivity contribution in [2.45, 2.75) is 11.5 Å². The first-order valence-corrected chi connectivity index (χ1v) is 8.66. The smallest absolute Gasteiger partial charge is 0.262 e. The first kappa shape index (κ1) is 15.3. The number of hydrogen-bond acceptors (Lipinski definition) is 5. The van der Waals surface area contributed by atoms with Crippen LogP contribution in [0.5, 0.6) is 5.75 Å². The highest BCUT2D eigenvalue weighted by Crippen LogP contribution is 2.29. The molecule has 0 aliphatic heterocycles. The molecule has 0 bridgehead atoms. The lowest BCUT2D eigenvalue weighted by molar-refractivity contribution is 0.285. The van der Waals surface area contributed by atoms with Crippen LogP contribution in [0.4, 0.5) is 5.69 Å². The number of halogens is 1. The lowest BCUT2D eigenvalue weighted by Gasteiger charge is -2.09. The maximum absolute atomic E-state index is 12.2. The van der Waals surface area contributed by atoms with Crippen molar-refractivity contribution in [3.8, 4) is 5.75 Å². The Morgan fingerprint density at radius 1 is 1.40 bits per heavy atom. The summed E-state index contributed by atoms with van der Waals surface area (Å²) in [6, 6.07) is 6.34. The molecule has 0 aliphatic carbocycles. The third-order valence-corrected chi connectivity index (χ3v) is 5.55. The van der Waals surface area contributed by atoms with E-state index in [2.05, 4.69) is 20.7 Å². The Balaban J connectivity index is 2.26. The van der Waals surface area contributed by atoms with Gasteiger partial charge in [0.2, 0.25) is 0 Å². The molecule has 0 saturated carbocycles. The SMILES string of the molecule is COc1ccc(NS(=O)(=O)c2csc(CO)c2)cc1Br. The lowest BCUT2D eigenvalue weighted by atomic mass is 10.3. The zero-order valence-corrected chi connectivity index (χ0v) is 13.7. The van der Waals surface area contributed by atoms with Crippen LogP contribution in [-0.4, -0.2) is 20.6 Å². The van der Waals surface area contributed by atoms with E-state index >= 15 is 0 Å². The highest BCUT2D eigenvalue weighted by Gasteiger charge is 2.16. The maximum atomic E-state index is 12.2. The molecule has 2 aromatic rings. The average molecular weight is 378 g/mol. The molecular formula is C12H12BrNO4S2. The first-order valence-electron chi connectivity index (χ1n) is 5.51. The molecule has 0 amide bonds. The number of benzene rings is 1. The van der Waals surface area contributed by atoms with Gasteiger partial charge in [0.1, 0.15) is 5.75 Å². The second-order valence-corrected chi connectivity index (χ2v) is 7.39.